The van der Waals surface area contributed by atoms with Crippen LogP contribution in [0.15, 0.2) is 55.0 Å². The molecule has 6 nitrogen and oxygen atoms in total. The number of carbonyl (C=O) groups excluding carboxylic acids is 1. The second kappa shape index (κ2) is 7.50. The van der Waals surface area contributed by atoms with Crippen molar-refractivity contribution in [1.82, 2.24) is 25.0 Å². The summed E-state index contributed by atoms with van der Waals surface area (Å²) in [7, 11) is 0. The number of hydrogen-bond donors (Lipinski definition) is 1. The van der Waals surface area contributed by atoms with E-state index in [2.05, 4.69) is 15.4 Å². The van der Waals surface area contributed by atoms with E-state index in [1.165, 1.54) is 0 Å². The average Bonchev–Trinajstić information content (AvgIpc) is 3.09. The molecule has 1 amide bonds. The van der Waals surface area contributed by atoms with E-state index in [9.17, 15) is 4.79 Å². The van der Waals surface area contributed by atoms with Crippen molar-refractivity contribution in [2.75, 3.05) is 19.6 Å². The maximum atomic E-state index is 13.3. The fraction of sp³-hybridized carbons (Fsp3) is 0.250. The van der Waals surface area contributed by atoms with Gasteiger partial charge in [0.05, 0.1) is 29.2 Å². The lowest BCUT2D eigenvalue weighted by atomic mass is 10.0. The summed E-state index contributed by atoms with van der Waals surface area (Å²) in [6.45, 7) is 4.02. The second-order valence-electron chi connectivity index (χ2n) is 6.54. The normalized spacial score (nSPS) is 17.1. The minimum Gasteiger partial charge on any atom is -0.329 e. The van der Waals surface area contributed by atoms with Crippen molar-refractivity contribution >= 4 is 17.5 Å². The molecule has 0 spiro atoms. The molecule has 1 aliphatic heterocycles. The van der Waals surface area contributed by atoms with Gasteiger partial charge in [0.2, 0.25) is 0 Å². The molecule has 1 atom stereocenters. The van der Waals surface area contributed by atoms with Crippen LogP contribution >= 0.6 is 11.6 Å². The van der Waals surface area contributed by atoms with Crippen molar-refractivity contribution in [3.8, 4) is 5.69 Å². The number of nitrogens with one attached hydrogen (secondary N) is 1. The quantitative estimate of drug-likeness (QED) is 0.757. The van der Waals surface area contributed by atoms with Crippen LogP contribution in [-0.2, 0) is 0 Å². The monoisotopic (exact) mass is 381 g/mol. The molecule has 1 aromatic carbocycles. The van der Waals surface area contributed by atoms with Crippen LogP contribution in [0.25, 0.3) is 5.69 Å². The van der Waals surface area contributed by atoms with E-state index in [4.69, 9.17) is 11.6 Å². The van der Waals surface area contributed by atoms with Gasteiger partial charge in [-0.1, -0.05) is 23.7 Å². The predicted octanol–water partition coefficient (Wildman–Crippen LogP) is 3.02. The van der Waals surface area contributed by atoms with Crippen LogP contribution in [0.2, 0.25) is 5.02 Å². The Morgan fingerprint density at radius 3 is 2.93 bits per heavy atom. The van der Waals surface area contributed by atoms with E-state index in [-0.39, 0.29) is 11.9 Å². The highest BCUT2D eigenvalue weighted by Gasteiger charge is 2.30. The molecule has 1 fully saturated rings. The molecular weight excluding hydrogens is 362 g/mol. The van der Waals surface area contributed by atoms with Gasteiger partial charge in [-0.25, -0.2) is 4.68 Å². The largest absolute Gasteiger partial charge is 0.329 e. The first-order chi connectivity index (χ1) is 13.1. The third-order valence-electron chi connectivity index (χ3n) is 4.87. The first-order valence-electron chi connectivity index (χ1n) is 8.87. The molecule has 0 aliphatic carbocycles. The summed E-state index contributed by atoms with van der Waals surface area (Å²) < 4.78 is 1.75. The van der Waals surface area contributed by atoms with E-state index < -0.39 is 0 Å². The lowest BCUT2D eigenvalue weighted by Gasteiger charge is -2.36. The zero-order valence-corrected chi connectivity index (χ0v) is 15.7. The second-order valence-corrected chi connectivity index (χ2v) is 6.98. The standard InChI is InChI=1S/C20H20ClN5O/c1-14-18(12-24-26(14)17-6-2-5-16(21)10-17)20(27)25-9-8-23-13-19(25)15-4-3-7-22-11-15/h2-7,10-12,19,23H,8-9,13H2,1H3. The third kappa shape index (κ3) is 3.46. The number of hydrogen-bond acceptors (Lipinski definition) is 4. The van der Waals surface area contributed by atoms with Gasteiger partial charge in [0.15, 0.2) is 0 Å². The molecule has 0 saturated carbocycles. The van der Waals surface area contributed by atoms with Gasteiger partial charge in [0.1, 0.15) is 0 Å². The summed E-state index contributed by atoms with van der Waals surface area (Å²) in [5.74, 6) is -0.0175. The van der Waals surface area contributed by atoms with Crippen molar-refractivity contribution in [2.45, 2.75) is 13.0 Å². The first-order valence-corrected chi connectivity index (χ1v) is 9.25. The molecule has 0 bridgehead atoms. The van der Waals surface area contributed by atoms with Gasteiger partial charge in [-0.15, -0.1) is 0 Å². The van der Waals surface area contributed by atoms with Gasteiger partial charge in [-0.2, -0.15) is 5.10 Å². The molecule has 4 rings (SSSR count). The Balaban J connectivity index is 1.66. The Morgan fingerprint density at radius 1 is 1.26 bits per heavy atom. The Morgan fingerprint density at radius 2 is 2.15 bits per heavy atom. The van der Waals surface area contributed by atoms with Crippen molar-refractivity contribution in [1.29, 1.82) is 0 Å². The highest BCUT2D eigenvalue weighted by atomic mass is 35.5. The van der Waals surface area contributed by atoms with Crippen LogP contribution in [0, 0.1) is 6.92 Å². The van der Waals surface area contributed by atoms with E-state index >= 15 is 0 Å². The number of amides is 1. The zero-order chi connectivity index (χ0) is 18.8. The lowest BCUT2D eigenvalue weighted by molar-refractivity contribution is 0.0633. The minimum absolute atomic E-state index is 0.0175. The number of halogens is 1. The van der Waals surface area contributed by atoms with Gasteiger partial charge in [0, 0.05) is 37.1 Å². The SMILES string of the molecule is Cc1c(C(=O)N2CCNCC2c2cccnc2)cnn1-c1cccc(Cl)c1. The van der Waals surface area contributed by atoms with Gasteiger partial charge >= 0.3 is 0 Å². The topological polar surface area (TPSA) is 63.1 Å². The van der Waals surface area contributed by atoms with Crippen LogP contribution in [0.1, 0.15) is 27.7 Å². The van der Waals surface area contributed by atoms with Crippen LogP contribution in [0.4, 0.5) is 0 Å². The van der Waals surface area contributed by atoms with Crippen molar-refractivity contribution < 1.29 is 4.79 Å². The summed E-state index contributed by atoms with van der Waals surface area (Å²) in [6.07, 6.45) is 5.20. The summed E-state index contributed by atoms with van der Waals surface area (Å²) >= 11 is 6.10. The number of rotatable bonds is 3. The van der Waals surface area contributed by atoms with Crippen molar-refractivity contribution in [2.24, 2.45) is 0 Å². The number of piperazine rings is 1. The van der Waals surface area contributed by atoms with Crippen LogP contribution in [0.3, 0.4) is 0 Å². The summed E-state index contributed by atoms with van der Waals surface area (Å²) in [5, 5.41) is 8.42. The molecule has 2 aromatic heterocycles. The smallest absolute Gasteiger partial charge is 0.257 e. The first kappa shape index (κ1) is 17.7. The third-order valence-corrected chi connectivity index (χ3v) is 5.10. The number of carbonyl (C=O) groups is 1. The Kier molecular flexibility index (Phi) is 4.92. The fourth-order valence-corrected chi connectivity index (χ4v) is 3.65. The molecule has 3 heterocycles. The van der Waals surface area contributed by atoms with Gasteiger partial charge in [0.25, 0.3) is 5.91 Å². The molecule has 1 aliphatic rings. The Labute approximate surface area is 162 Å². The molecule has 1 unspecified atom stereocenters. The number of nitrogens with zero attached hydrogens (tertiary/aromatic N) is 4. The summed E-state index contributed by atoms with van der Waals surface area (Å²) in [6, 6.07) is 11.3. The molecule has 1 N–H and O–H groups in total. The molecule has 0 radical (unpaired) electrons. The van der Waals surface area contributed by atoms with Crippen LogP contribution in [0.5, 0.6) is 0 Å². The lowest BCUT2D eigenvalue weighted by Crippen LogP contribution is -2.48. The minimum atomic E-state index is -0.0473. The van der Waals surface area contributed by atoms with Gasteiger partial charge in [-0.3, -0.25) is 9.78 Å². The molecule has 138 valence electrons. The molecule has 27 heavy (non-hydrogen) atoms. The van der Waals surface area contributed by atoms with E-state index in [1.54, 1.807) is 17.1 Å². The van der Waals surface area contributed by atoms with Crippen molar-refractivity contribution in [3.05, 3.63) is 76.8 Å². The van der Waals surface area contributed by atoms with Crippen molar-refractivity contribution in [3.63, 3.8) is 0 Å². The maximum Gasteiger partial charge on any atom is 0.257 e. The number of benzene rings is 1. The maximum absolute atomic E-state index is 13.3. The number of pyridine rings is 1. The highest BCUT2D eigenvalue weighted by molar-refractivity contribution is 6.30. The van der Waals surface area contributed by atoms with Crippen LogP contribution in [-0.4, -0.2) is 45.2 Å². The summed E-state index contributed by atoms with van der Waals surface area (Å²) in [4.78, 5) is 19.4. The fourth-order valence-electron chi connectivity index (χ4n) is 3.46. The Bertz CT molecular complexity index is 956. The zero-order valence-electron chi connectivity index (χ0n) is 15.0. The molecule has 3 aromatic rings. The van der Waals surface area contributed by atoms with E-state index in [0.717, 1.165) is 23.5 Å². The average molecular weight is 382 g/mol. The number of aromatic nitrogens is 3. The summed E-state index contributed by atoms with van der Waals surface area (Å²) in [5.41, 5.74) is 3.26. The molecule has 7 heteroatoms. The van der Waals surface area contributed by atoms with Gasteiger partial charge < -0.3 is 10.2 Å². The molecule has 1 saturated heterocycles. The van der Waals surface area contributed by atoms with E-state index in [1.807, 2.05) is 54.4 Å². The predicted molar refractivity (Wildman–Crippen MR) is 104 cm³/mol. The van der Waals surface area contributed by atoms with Gasteiger partial charge in [-0.05, 0) is 36.8 Å². The van der Waals surface area contributed by atoms with E-state index in [0.29, 0.717) is 23.7 Å². The highest BCUT2D eigenvalue weighted by Crippen LogP contribution is 2.25. The van der Waals surface area contributed by atoms with Crippen LogP contribution < -0.4 is 5.32 Å². The molecular formula is C20H20ClN5O. The Hall–Kier alpha value is -2.70.